The average Bonchev–Trinajstić information content (AvgIpc) is 3.27. The quantitative estimate of drug-likeness (QED) is 0.431. The number of guanidine groups is 1. The number of hydrogen-bond acceptors (Lipinski definition) is 3. The van der Waals surface area contributed by atoms with Gasteiger partial charge in [0, 0.05) is 30.5 Å². The molecule has 0 bridgehead atoms. The fraction of sp³-hybridized carbons (Fsp3) is 0.533. The van der Waals surface area contributed by atoms with E-state index >= 15 is 0 Å². The molecule has 23 heavy (non-hydrogen) atoms. The monoisotopic (exact) mass is 455 g/mol. The van der Waals surface area contributed by atoms with Gasteiger partial charge in [0.2, 0.25) is 0 Å². The van der Waals surface area contributed by atoms with Gasteiger partial charge in [0.05, 0.1) is 6.04 Å². The molecule has 1 saturated carbocycles. The molecule has 3 rings (SSSR count). The van der Waals surface area contributed by atoms with Crippen molar-refractivity contribution in [3.05, 3.63) is 29.8 Å². The molecule has 1 heterocycles. The number of rotatable bonds is 4. The van der Waals surface area contributed by atoms with Gasteiger partial charge in [-0.2, -0.15) is 20.5 Å². The molecule has 0 radical (unpaired) electrons. The van der Waals surface area contributed by atoms with Crippen molar-refractivity contribution in [2.75, 3.05) is 24.6 Å². The lowest BCUT2D eigenvalue weighted by Crippen LogP contribution is -2.42. The maximum atomic E-state index is 12.1. The molecule has 8 heteroatoms. The van der Waals surface area contributed by atoms with Gasteiger partial charge in [0.15, 0.2) is 5.96 Å². The van der Waals surface area contributed by atoms with Crippen molar-refractivity contribution in [1.82, 2.24) is 4.90 Å². The van der Waals surface area contributed by atoms with Crippen LogP contribution in [0.1, 0.15) is 17.9 Å². The summed E-state index contributed by atoms with van der Waals surface area (Å²) in [7, 11) is 0. The van der Waals surface area contributed by atoms with Gasteiger partial charge < -0.3 is 15.4 Å². The van der Waals surface area contributed by atoms with Crippen LogP contribution in [0.2, 0.25) is 0 Å². The Hall–Kier alpha value is -0.770. The summed E-state index contributed by atoms with van der Waals surface area (Å²) in [6.07, 6.45) is 0.957. The van der Waals surface area contributed by atoms with Gasteiger partial charge in [-0.05, 0) is 24.1 Å². The van der Waals surface area contributed by atoms with E-state index in [2.05, 4.69) is 14.6 Å². The van der Waals surface area contributed by atoms with Crippen molar-refractivity contribution in [2.45, 2.75) is 25.0 Å². The van der Waals surface area contributed by atoms with Gasteiger partial charge in [-0.3, -0.25) is 0 Å². The Morgan fingerprint density at radius 2 is 1.91 bits per heavy atom. The molecular formula is C15H20F2IN3OS. The number of nitrogens with zero attached hydrogens (tertiary/aromatic N) is 2. The molecular weight excluding hydrogens is 435 g/mol. The van der Waals surface area contributed by atoms with E-state index in [0.29, 0.717) is 11.9 Å². The van der Waals surface area contributed by atoms with Crippen molar-refractivity contribution in [3.8, 4) is 5.75 Å². The Labute approximate surface area is 155 Å². The number of thioether (sulfide) groups is 1. The number of nitrogens with two attached hydrogens (primary N) is 1. The summed E-state index contributed by atoms with van der Waals surface area (Å²) < 4.78 is 28.6. The fourth-order valence-electron chi connectivity index (χ4n) is 2.62. The first-order valence-electron chi connectivity index (χ1n) is 7.34. The lowest BCUT2D eigenvalue weighted by Gasteiger charge is -2.27. The zero-order chi connectivity index (χ0) is 15.5. The predicted molar refractivity (Wildman–Crippen MR) is 100 cm³/mol. The van der Waals surface area contributed by atoms with Crippen molar-refractivity contribution in [2.24, 2.45) is 10.7 Å². The Morgan fingerprint density at radius 1 is 1.26 bits per heavy atom. The van der Waals surface area contributed by atoms with Crippen molar-refractivity contribution in [3.63, 3.8) is 0 Å². The van der Waals surface area contributed by atoms with Gasteiger partial charge in [0.1, 0.15) is 5.75 Å². The van der Waals surface area contributed by atoms with Crippen LogP contribution in [0.15, 0.2) is 29.3 Å². The van der Waals surface area contributed by atoms with Crippen molar-refractivity contribution in [1.29, 1.82) is 0 Å². The standard InChI is InChI=1S/C15H19F2N3OS.HI/c16-14(17)21-11-3-1-10(2-4-11)12-9-13(12)19-15(18)20-5-7-22-8-6-20;/h1-4,12-14H,5-9H2,(H2,18,19);1H/t12-,13+;/m0./s1. The second-order valence-corrected chi connectivity index (χ2v) is 6.67. The number of ether oxygens (including phenoxy) is 1. The molecule has 128 valence electrons. The first-order chi connectivity index (χ1) is 10.6. The van der Waals surface area contributed by atoms with Crippen LogP contribution < -0.4 is 10.5 Å². The van der Waals surface area contributed by atoms with Gasteiger partial charge in [-0.15, -0.1) is 24.0 Å². The van der Waals surface area contributed by atoms with E-state index in [4.69, 9.17) is 5.73 Å². The Bertz CT molecular complexity index is 538. The zero-order valence-electron chi connectivity index (χ0n) is 12.5. The molecule has 1 aromatic carbocycles. The first-order valence-corrected chi connectivity index (χ1v) is 8.49. The lowest BCUT2D eigenvalue weighted by molar-refractivity contribution is -0.0498. The van der Waals surface area contributed by atoms with E-state index < -0.39 is 6.61 Å². The molecule has 2 fully saturated rings. The second kappa shape index (κ2) is 8.36. The molecule has 1 aromatic rings. The van der Waals surface area contributed by atoms with E-state index in [1.807, 2.05) is 23.9 Å². The number of hydrogen-bond donors (Lipinski definition) is 1. The van der Waals surface area contributed by atoms with Crippen LogP contribution >= 0.6 is 35.7 Å². The summed E-state index contributed by atoms with van der Waals surface area (Å²) in [6.45, 7) is -0.875. The second-order valence-electron chi connectivity index (χ2n) is 5.44. The maximum Gasteiger partial charge on any atom is 0.387 e. The third-order valence-corrected chi connectivity index (χ3v) is 4.87. The molecule has 0 spiro atoms. The van der Waals surface area contributed by atoms with Crippen LogP contribution in [-0.2, 0) is 0 Å². The third kappa shape index (κ3) is 5.10. The molecule has 4 nitrogen and oxygen atoms in total. The highest BCUT2D eigenvalue weighted by Crippen LogP contribution is 2.44. The summed E-state index contributed by atoms with van der Waals surface area (Å²) in [5, 5.41) is 0. The number of alkyl halides is 2. The zero-order valence-corrected chi connectivity index (χ0v) is 15.7. The molecule has 1 aliphatic carbocycles. The number of halogens is 3. The van der Waals surface area contributed by atoms with Gasteiger partial charge in [-0.1, -0.05) is 12.1 Å². The molecule has 1 saturated heterocycles. The van der Waals surface area contributed by atoms with E-state index in [-0.39, 0.29) is 35.8 Å². The van der Waals surface area contributed by atoms with Crippen LogP contribution in [0.25, 0.3) is 0 Å². The van der Waals surface area contributed by atoms with Gasteiger partial charge in [0.25, 0.3) is 0 Å². The predicted octanol–water partition coefficient (Wildman–Crippen LogP) is 3.13. The Kier molecular flexibility index (Phi) is 6.75. The van der Waals surface area contributed by atoms with Crippen LogP contribution in [0.4, 0.5) is 8.78 Å². The molecule has 2 N–H and O–H groups in total. The Balaban J connectivity index is 0.00000192. The summed E-state index contributed by atoms with van der Waals surface area (Å²) in [5.74, 6) is 3.33. The molecule has 2 aliphatic rings. The highest BCUT2D eigenvalue weighted by molar-refractivity contribution is 14.0. The van der Waals surface area contributed by atoms with Crippen molar-refractivity contribution >= 4 is 41.7 Å². The lowest BCUT2D eigenvalue weighted by atomic mass is 10.1. The Morgan fingerprint density at radius 3 is 2.52 bits per heavy atom. The molecule has 0 unspecified atom stereocenters. The summed E-state index contributed by atoms with van der Waals surface area (Å²) >= 11 is 1.94. The molecule has 0 aromatic heterocycles. The average molecular weight is 455 g/mol. The highest BCUT2D eigenvalue weighted by atomic mass is 127. The minimum atomic E-state index is -2.79. The summed E-state index contributed by atoms with van der Waals surface area (Å²) in [6, 6.07) is 7.01. The van der Waals surface area contributed by atoms with Crippen LogP contribution in [0, 0.1) is 0 Å². The maximum absolute atomic E-state index is 12.1. The number of benzene rings is 1. The largest absolute Gasteiger partial charge is 0.435 e. The fourth-order valence-corrected chi connectivity index (χ4v) is 3.53. The van der Waals surface area contributed by atoms with Gasteiger partial charge in [-0.25, -0.2) is 4.99 Å². The van der Waals surface area contributed by atoms with Crippen LogP contribution in [0.5, 0.6) is 5.75 Å². The topological polar surface area (TPSA) is 50.9 Å². The molecule has 2 atom stereocenters. The minimum Gasteiger partial charge on any atom is -0.435 e. The summed E-state index contributed by atoms with van der Waals surface area (Å²) in [5.41, 5.74) is 7.17. The van der Waals surface area contributed by atoms with E-state index in [1.54, 1.807) is 12.1 Å². The third-order valence-electron chi connectivity index (χ3n) is 3.92. The molecule has 0 amide bonds. The SMILES string of the molecule is I.NC(=N[C@@H]1C[C@H]1c1ccc(OC(F)F)cc1)N1CCSCC1. The highest BCUT2D eigenvalue weighted by Gasteiger charge is 2.39. The summed E-state index contributed by atoms with van der Waals surface area (Å²) in [4.78, 5) is 6.73. The molecule has 1 aliphatic heterocycles. The minimum absolute atomic E-state index is 0. The number of aliphatic imine (C=N–C) groups is 1. The van der Waals surface area contributed by atoms with E-state index in [1.165, 1.54) is 0 Å². The van der Waals surface area contributed by atoms with E-state index in [9.17, 15) is 8.78 Å². The van der Waals surface area contributed by atoms with Crippen LogP contribution in [0.3, 0.4) is 0 Å². The van der Waals surface area contributed by atoms with Gasteiger partial charge >= 0.3 is 6.61 Å². The first kappa shape index (κ1) is 18.6. The smallest absolute Gasteiger partial charge is 0.387 e. The normalized spacial score (nSPS) is 24.3. The van der Waals surface area contributed by atoms with Crippen LogP contribution in [-0.4, -0.2) is 48.1 Å². The van der Waals surface area contributed by atoms with E-state index in [0.717, 1.165) is 36.6 Å². The van der Waals surface area contributed by atoms with Crippen molar-refractivity contribution < 1.29 is 13.5 Å².